The first kappa shape index (κ1) is 32.3. The molecule has 4 aromatic carbocycles. The van der Waals surface area contributed by atoms with Crippen molar-refractivity contribution in [1.82, 2.24) is 9.80 Å². The van der Waals surface area contributed by atoms with Crippen molar-refractivity contribution in [3.8, 4) is 40.2 Å². The van der Waals surface area contributed by atoms with Crippen LogP contribution in [0.3, 0.4) is 0 Å². The first-order valence-corrected chi connectivity index (χ1v) is 16.7. The minimum Gasteiger partial charge on any atom is -0.493 e. The van der Waals surface area contributed by atoms with Gasteiger partial charge in [0.2, 0.25) is 5.75 Å². The van der Waals surface area contributed by atoms with Crippen LogP contribution in [0, 0.1) is 0 Å². The van der Waals surface area contributed by atoms with E-state index in [0.29, 0.717) is 47.5 Å². The molecule has 8 rings (SSSR count). The standard InChI is InChI=1S/C39H45N3O6/c1-41-14-12-25-19-26(22-43)34-20-29(25)31(41)16-23-6-9-27(10-7-23)47-35-18-24(8-11-33(35)44-3)17-32-36-28(13-15-42(32)2)30(21-40)37(45-4)39(46-5)38(36)48-34/h6-11,18-20,31-32,43H,12-17,21-22,40H2,1-5H3/t31-,32-/m0/s1. The van der Waals surface area contributed by atoms with Gasteiger partial charge in [0, 0.05) is 48.4 Å². The van der Waals surface area contributed by atoms with Crippen LogP contribution in [0.1, 0.15) is 56.6 Å². The second kappa shape index (κ2) is 13.3. The molecule has 3 N–H and O–H groups in total. The molecule has 0 aliphatic carbocycles. The zero-order chi connectivity index (χ0) is 33.5. The molecule has 4 aliphatic heterocycles. The maximum Gasteiger partial charge on any atom is 0.204 e. The number of methoxy groups -OCH3 is 3. The second-order valence-electron chi connectivity index (χ2n) is 13.0. The van der Waals surface area contributed by atoms with Crippen LogP contribution in [0.25, 0.3) is 0 Å². The lowest BCUT2D eigenvalue weighted by molar-refractivity contribution is 0.219. The summed E-state index contributed by atoms with van der Waals surface area (Å²) in [5, 5.41) is 10.7. The number of nitrogens with zero attached hydrogens (tertiary/aromatic N) is 2. The van der Waals surface area contributed by atoms with Crippen molar-refractivity contribution in [2.75, 3.05) is 48.5 Å². The predicted octanol–water partition coefficient (Wildman–Crippen LogP) is 6.10. The number of hydrogen-bond donors (Lipinski definition) is 2. The molecule has 4 aliphatic rings. The molecule has 0 aromatic heterocycles. The summed E-state index contributed by atoms with van der Waals surface area (Å²) < 4.78 is 31.3. The topological polar surface area (TPSA) is 98.9 Å². The van der Waals surface area contributed by atoms with Gasteiger partial charge in [-0.05, 0) is 104 Å². The Bertz CT molecular complexity index is 1820. The van der Waals surface area contributed by atoms with Crippen LogP contribution in [-0.2, 0) is 38.8 Å². The number of aliphatic hydroxyl groups is 1. The van der Waals surface area contributed by atoms with Gasteiger partial charge in [-0.2, -0.15) is 0 Å². The molecule has 6 bridgehead atoms. The Morgan fingerprint density at radius 1 is 0.792 bits per heavy atom. The lowest BCUT2D eigenvalue weighted by Crippen LogP contribution is -2.35. The Kier molecular flexibility index (Phi) is 8.96. The largest absolute Gasteiger partial charge is 0.493 e. The Balaban J connectivity index is 1.50. The number of rotatable bonds is 5. The molecule has 9 heteroatoms. The van der Waals surface area contributed by atoms with E-state index in [4.69, 9.17) is 29.4 Å². The summed E-state index contributed by atoms with van der Waals surface area (Å²) in [6, 6.07) is 18.7. The summed E-state index contributed by atoms with van der Waals surface area (Å²) in [5.74, 6) is 4.37. The average Bonchev–Trinajstić information content (AvgIpc) is 3.10. The molecule has 0 radical (unpaired) electrons. The molecule has 0 saturated heterocycles. The van der Waals surface area contributed by atoms with Crippen molar-refractivity contribution < 1.29 is 28.8 Å². The molecule has 4 heterocycles. The minimum absolute atomic E-state index is 0.0812. The molecule has 0 fully saturated rings. The van der Waals surface area contributed by atoms with E-state index in [1.807, 2.05) is 18.2 Å². The summed E-state index contributed by atoms with van der Waals surface area (Å²) in [5.41, 5.74) is 15.0. The molecule has 2 atom stereocenters. The molecule has 0 amide bonds. The highest BCUT2D eigenvalue weighted by molar-refractivity contribution is 5.67. The third-order valence-electron chi connectivity index (χ3n) is 10.4. The Morgan fingerprint density at radius 3 is 2.21 bits per heavy atom. The number of aliphatic hydroxyl groups excluding tert-OH is 1. The van der Waals surface area contributed by atoms with E-state index in [1.165, 1.54) is 16.7 Å². The Hall–Kier alpha value is -4.28. The molecule has 0 spiro atoms. The Labute approximate surface area is 282 Å². The van der Waals surface area contributed by atoms with Gasteiger partial charge in [0.1, 0.15) is 11.5 Å². The summed E-state index contributed by atoms with van der Waals surface area (Å²) in [6.45, 7) is 1.91. The lowest BCUT2D eigenvalue weighted by atomic mass is 9.84. The molecular weight excluding hydrogens is 606 g/mol. The highest BCUT2D eigenvalue weighted by Crippen LogP contribution is 2.53. The summed E-state index contributed by atoms with van der Waals surface area (Å²) >= 11 is 0. The summed E-state index contributed by atoms with van der Waals surface area (Å²) in [4.78, 5) is 4.75. The quantitative estimate of drug-likeness (QED) is 0.265. The molecule has 252 valence electrons. The molecule has 4 aromatic rings. The average molecular weight is 652 g/mol. The van der Waals surface area contributed by atoms with Gasteiger partial charge in [-0.15, -0.1) is 0 Å². The van der Waals surface area contributed by atoms with Gasteiger partial charge in [0.25, 0.3) is 0 Å². The summed E-state index contributed by atoms with van der Waals surface area (Å²) in [7, 11) is 9.26. The van der Waals surface area contributed by atoms with Crippen molar-refractivity contribution in [3.05, 3.63) is 99.1 Å². The van der Waals surface area contributed by atoms with E-state index in [2.05, 4.69) is 60.3 Å². The van der Waals surface area contributed by atoms with E-state index >= 15 is 0 Å². The number of hydrogen-bond acceptors (Lipinski definition) is 9. The first-order valence-electron chi connectivity index (χ1n) is 16.7. The van der Waals surface area contributed by atoms with Crippen LogP contribution < -0.4 is 29.4 Å². The van der Waals surface area contributed by atoms with E-state index in [0.717, 1.165) is 65.9 Å². The number of ether oxygens (including phenoxy) is 5. The van der Waals surface area contributed by atoms with E-state index < -0.39 is 0 Å². The fourth-order valence-corrected chi connectivity index (χ4v) is 7.78. The van der Waals surface area contributed by atoms with E-state index in [9.17, 15) is 5.11 Å². The second-order valence-corrected chi connectivity index (χ2v) is 13.0. The van der Waals surface area contributed by atoms with Crippen molar-refractivity contribution in [2.24, 2.45) is 5.73 Å². The normalized spacial score (nSPS) is 19.0. The van der Waals surface area contributed by atoms with Crippen LogP contribution >= 0.6 is 0 Å². The highest BCUT2D eigenvalue weighted by atomic mass is 16.5. The van der Waals surface area contributed by atoms with Gasteiger partial charge >= 0.3 is 0 Å². The molecule has 0 saturated carbocycles. The zero-order valence-electron chi connectivity index (χ0n) is 28.5. The van der Waals surface area contributed by atoms with Gasteiger partial charge in [0.05, 0.1) is 27.9 Å². The van der Waals surface area contributed by atoms with Crippen molar-refractivity contribution in [1.29, 1.82) is 0 Å². The van der Waals surface area contributed by atoms with Crippen molar-refractivity contribution >= 4 is 0 Å². The number of benzene rings is 4. The van der Waals surface area contributed by atoms with Crippen LogP contribution in [0.5, 0.6) is 40.2 Å². The summed E-state index contributed by atoms with van der Waals surface area (Å²) in [6.07, 6.45) is 3.16. The van der Waals surface area contributed by atoms with Gasteiger partial charge < -0.3 is 34.5 Å². The van der Waals surface area contributed by atoms with Crippen LogP contribution in [0.2, 0.25) is 0 Å². The molecule has 48 heavy (non-hydrogen) atoms. The lowest BCUT2D eigenvalue weighted by Gasteiger charge is -2.38. The molecule has 9 nitrogen and oxygen atoms in total. The third-order valence-corrected chi connectivity index (χ3v) is 10.4. The fraction of sp³-hybridized carbons (Fsp3) is 0.385. The first-order chi connectivity index (χ1) is 23.4. The van der Waals surface area contributed by atoms with E-state index in [1.54, 1.807) is 21.3 Å². The highest BCUT2D eigenvalue weighted by Gasteiger charge is 2.36. The van der Waals surface area contributed by atoms with Gasteiger partial charge in [-0.1, -0.05) is 18.2 Å². The maximum atomic E-state index is 10.7. The predicted molar refractivity (Wildman–Crippen MR) is 185 cm³/mol. The maximum absolute atomic E-state index is 10.7. The Morgan fingerprint density at radius 2 is 1.50 bits per heavy atom. The van der Waals surface area contributed by atoms with Crippen LogP contribution in [0.4, 0.5) is 0 Å². The van der Waals surface area contributed by atoms with Gasteiger partial charge in [-0.25, -0.2) is 0 Å². The van der Waals surface area contributed by atoms with Gasteiger partial charge in [0.15, 0.2) is 23.0 Å². The number of nitrogens with two attached hydrogens (primary N) is 1. The monoisotopic (exact) mass is 651 g/mol. The smallest absolute Gasteiger partial charge is 0.204 e. The minimum atomic E-state index is -0.148. The van der Waals surface area contributed by atoms with Crippen molar-refractivity contribution in [2.45, 2.75) is 50.9 Å². The fourth-order valence-electron chi connectivity index (χ4n) is 7.78. The zero-order valence-corrected chi connectivity index (χ0v) is 28.5. The van der Waals surface area contributed by atoms with Crippen LogP contribution in [0.15, 0.2) is 54.6 Å². The molecular formula is C39H45N3O6. The van der Waals surface area contributed by atoms with Crippen molar-refractivity contribution in [3.63, 3.8) is 0 Å². The number of fused-ring (bicyclic) bond motifs is 2. The third kappa shape index (κ3) is 5.64. The van der Waals surface area contributed by atoms with E-state index in [-0.39, 0.29) is 18.7 Å². The van der Waals surface area contributed by atoms with Gasteiger partial charge in [-0.3, -0.25) is 9.80 Å². The molecule has 0 unspecified atom stereocenters. The SMILES string of the molecule is COc1ccc2cc1Oc1ccc(cc1)C[C@H]1c3cc(c(CO)cc3CCN1C)Oc1c(OC)c(OC)c(CN)c3c1[C@H](C2)N(C)CC3. The number of likely N-dealkylation sites (N-methyl/N-ethyl adjacent to an activating group) is 2. The van der Waals surface area contributed by atoms with Crippen LogP contribution in [-0.4, -0.2) is 63.4 Å².